The molecule has 0 fully saturated rings. The molecule has 0 N–H and O–H groups in total. The van der Waals surface area contributed by atoms with E-state index in [0.717, 1.165) is 12.1 Å². The molecule has 210 valence electrons. The lowest BCUT2D eigenvalue weighted by molar-refractivity contribution is -0.137. The summed E-state index contributed by atoms with van der Waals surface area (Å²) in [5.41, 5.74) is 0.934. The fourth-order valence-electron chi connectivity index (χ4n) is 4.61. The van der Waals surface area contributed by atoms with Crippen molar-refractivity contribution in [2.45, 2.75) is 32.1 Å². The maximum absolute atomic E-state index is 13.8. The molecule has 3 heterocycles. The van der Waals surface area contributed by atoms with Crippen molar-refractivity contribution >= 4 is 16.9 Å². The van der Waals surface area contributed by atoms with Gasteiger partial charge in [-0.1, -0.05) is 18.2 Å². The van der Waals surface area contributed by atoms with Crippen LogP contribution in [0.2, 0.25) is 0 Å². The SMILES string of the molecule is CC(c1nc2ncccc2c(=O)n1-c1ccc(C#N)cc1)N(Cc1cccnc1)C(=O)Cc1ccc(C(F)(F)F)cc1. The van der Waals surface area contributed by atoms with Crippen LogP contribution in [0.5, 0.6) is 0 Å². The highest BCUT2D eigenvalue weighted by Crippen LogP contribution is 2.30. The number of alkyl halides is 3. The molecule has 0 aliphatic carbocycles. The number of aromatic nitrogens is 4. The molecular weight excluding hydrogens is 545 g/mol. The molecule has 5 aromatic rings. The Morgan fingerprint density at radius 1 is 1.00 bits per heavy atom. The van der Waals surface area contributed by atoms with Gasteiger partial charge < -0.3 is 4.90 Å². The molecule has 0 radical (unpaired) electrons. The number of fused-ring (bicyclic) bond motifs is 1. The summed E-state index contributed by atoms with van der Waals surface area (Å²) in [7, 11) is 0. The highest BCUT2D eigenvalue weighted by Gasteiger charge is 2.31. The topological polar surface area (TPSA) is 105 Å². The number of nitriles is 1. The minimum atomic E-state index is -4.49. The van der Waals surface area contributed by atoms with Gasteiger partial charge in [-0.25, -0.2) is 9.97 Å². The number of amides is 1. The summed E-state index contributed by atoms with van der Waals surface area (Å²) < 4.78 is 40.6. The Morgan fingerprint density at radius 2 is 1.71 bits per heavy atom. The average molecular weight is 569 g/mol. The predicted octanol–water partition coefficient (Wildman–Crippen LogP) is 5.40. The third-order valence-electron chi connectivity index (χ3n) is 6.80. The molecule has 0 aliphatic heterocycles. The summed E-state index contributed by atoms with van der Waals surface area (Å²) in [6.45, 7) is 1.82. The van der Waals surface area contributed by atoms with Crippen LogP contribution in [-0.2, 0) is 23.9 Å². The largest absolute Gasteiger partial charge is 0.416 e. The lowest BCUT2D eigenvalue weighted by Gasteiger charge is -2.31. The molecule has 0 aliphatic rings. The van der Waals surface area contributed by atoms with Gasteiger partial charge >= 0.3 is 6.18 Å². The molecule has 11 heteroatoms. The monoisotopic (exact) mass is 568 g/mol. The first-order valence-electron chi connectivity index (χ1n) is 12.9. The predicted molar refractivity (Wildman–Crippen MR) is 148 cm³/mol. The first-order chi connectivity index (χ1) is 20.2. The van der Waals surface area contributed by atoms with Crippen molar-refractivity contribution in [1.82, 2.24) is 24.4 Å². The van der Waals surface area contributed by atoms with E-state index in [9.17, 15) is 28.0 Å². The molecule has 8 nitrogen and oxygen atoms in total. The molecule has 2 aromatic carbocycles. The van der Waals surface area contributed by atoms with Crippen molar-refractivity contribution in [3.63, 3.8) is 0 Å². The first-order valence-corrected chi connectivity index (χ1v) is 12.9. The minimum Gasteiger partial charge on any atom is -0.328 e. The molecule has 0 saturated heterocycles. The maximum Gasteiger partial charge on any atom is 0.416 e. The van der Waals surface area contributed by atoms with Crippen LogP contribution in [-0.4, -0.2) is 30.3 Å². The summed E-state index contributed by atoms with van der Waals surface area (Å²) in [4.78, 5) is 42.2. The Kier molecular flexibility index (Phi) is 7.80. The van der Waals surface area contributed by atoms with E-state index in [1.807, 2.05) is 6.07 Å². The number of nitrogens with zero attached hydrogens (tertiary/aromatic N) is 6. The van der Waals surface area contributed by atoms with Gasteiger partial charge in [0.2, 0.25) is 5.91 Å². The Balaban J connectivity index is 1.60. The van der Waals surface area contributed by atoms with Crippen molar-refractivity contribution in [3.8, 4) is 11.8 Å². The van der Waals surface area contributed by atoms with Gasteiger partial charge in [0.1, 0.15) is 5.82 Å². The van der Waals surface area contributed by atoms with Gasteiger partial charge in [-0.15, -0.1) is 0 Å². The summed E-state index contributed by atoms with van der Waals surface area (Å²) in [5, 5.41) is 9.51. The van der Waals surface area contributed by atoms with Gasteiger partial charge in [-0.3, -0.25) is 19.1 Å². The molecule has 0 spiro atoms. The van der Waals surface area contributed by atoms with Crippen LogP contribution >= 0.6 is 0 Å². The number of rotatable bonds is 7. The van der Waals surface area contributed by atoms with Crippen LogP contribution < -0.4 is 5.56 Å². The van der Waals surface area contributed by atoms with E-state index in [2.05, 4.69) is 9.97 Å². The van der Waals surface area contributed by atoms with Gasteiger partial charge in [-0.2, -0.15) is 18.4 Å². The Labute approximate surface area is 238 Å². The second-order valence-corrected chi connectivity index (χ2v) is 9.57. The van der Waals surface area contributed by atoms with Crippen molar-refractivity contribution in [3.05, 3.63) is 130 Å². The standard InChI is InChI=1S/C31H23F3N6O2/c1-20(29-38-28-26(5-3-15-37-28)30(42)40(29)25-12-8-22(17-35)9-13-25)39(19-23-4-2-14-36-18-23)27(41)16-21-6-10-24(11-7-21)31(32,33)34/h2-15,18,20H,16,19H2,1H3. The normalized spacial score (nSPS) is 12.1. The highest BCUT2D eigenvalue weighted by atomic mass is 19.4. The average Bonchev–Trinajstić information content (AvgIpc) is 3.00. The minimum absolute atomic E-state index is 0.0952. The molecular formula is C31H23F3N6O2. The van der Waals surface area contributed by atoms with Crippen LogP contribution in [0, 0.1) is 11.3 Å². The van der Waals surface area contributed by atoms with Crippen LogP contribution in [0.4, 0.5) is 13.2 Å². The molecule has 0 saturated carbocycles. The molecule has 0 bridgehead atoms. The second-order valence-electron chi connectivity index (χ2n) is 9.57. The van der Waals surface area contributed by atoms with E-state index in [1.165, 1.54) is 27.8 Å². The molecule has 42 heavy (non-hydrogen) atoms. The second kappa shape index (κ2) is 11.6. The summed E-state index contributed by atoms with van der Waals surface area (Å²) >= 11 is 0. The summed E-state index contributed by atoms with van der Waals surface area (Å²) in [6, 6.07) is 18.8. The summed E-state index contributed by atoms with van der Waals surface area (Å²) in [6.07, 6.45) is 0.0387. The Morgan fingerprint density at radius 3 is 2.36 bits per heavy atom. The van der Waals surface area contributed by atoms with Crippen molar-refractivity contribution in [1.29, 1.82) is 5.26 Å². The molecule has 3 aromatic heterocycles. The van der Waals surface area contributed by atoms with E-state index in [4.69, 9.17) is 4.98 Å². The Hall–Kier alpha value is -5.37. The van der Waals surface area contributed by atoms with Crippen molar-refractivity contribution < 1.29 is 18.0 Å². The molecule has 5 rings (SSSR count). The maximum atomic E-state index is 13.8. The van der Waals surface area contributed by atoms with Gasteiger partial charge in [0.25, 0.3) is 5.56 Å². The lowest BCUT2D eigenvalue weighted by Crippen LogP contribution is -2.38. The number of pyridine rings is 2. The van der Waals surface area contributed by atoms with Crippen molar-refractivity contribution in [2.75, 3.05) is 0 Å². The zero-order chi connectivity index (χ0) is 29.9. The van der Waals surface area contributed by atoms with Gasteiger partial charge in [-0.05, 0) is 72.6 Å². The third kappa shape index (κ3) is 5.88. The fourth-order valence-corrected chi connectivity index (χ4v) is 4.61. The van der Waals surface area contributed by atoms with Crippen LogP contribution in [0.25, 0.3) is 16.7 Å². The third-order valence-corrected chi connectivity index (χ3v) is 6.80. The van der Waals surface area contributed by atoms with Gasteiger partial charge in [0.15, 0.2) is 5.65 Å². The van der Waals surface area contributed by atoms with Crippen LogP contribution in [0.1, 0.15) is 41.0 Å². The Bertz CT molecular complexity index is 1830. The quantitative estimate of drug-likeness (QED) is 0.261. The smallest absolute Gasteiger partial charge is 0.328 e. The highest BCUT2D eigenvalue weighted by molar-refractivity contribution is 5.79. The summed E-state index contributed by atoms with van der Waals surface area (Å²) in [5.74, 6) is -0.173. The van der Waals surface area contributed by atoms with E-state index in [1.54, 1.807) is 67.8 Å². The number of carbonyl (C=O) groups excluding carboxylic acids is 1. The number of hydrogen-bond donors (Lipinski definition) is 0. The van der Waals surface area contributed by atoms with Gasteiger partial charge in [0, 0.05) is 25.1 Å². The lowest BCUT2D eigenvalue weighted by atomic mass is 10.1. The number of carbonyl (C=O) groups is 1. The molecule has 1 amide bonds. The molecule has 1 unspecified atom stereocenters. The number of halogens is 3. The zero-order valence-electron chi connectivity index (χ0n) is 22.3. The van der Waals surface area contributed by atoms with Crippen molar-refractivity contribution in [2.24, 2.45) is 0 Å². The fraction of sp³-hybridized carbons (Fsp3) is 0.161. The van der Waals surface area contributed by atoms with E-state index in [-0.39, 0.29) is 29.8 Å². The molecule has 1 atom stereocenters. The van der Waals surface area contributed by atoms with E-state index in [0.29, 0.717) is 22.4 Å². The van der Waals surface area contributed by atoms with Crippen LogP contribution in [0.3, 0.4) is 0 Å². The van der Waals surface area contributed by atoms with Crippen LogP contribution in [0.15, 0.2) is 96.2 Å². The first kappa shape index (κ1) is 28.2. The zero-order valence-corrected chi connectivity index (χ0v) is 22.3. The van der Waals surface area contributed by atoms with E-state index >= 15 is 0 Å². The van der Waals surface area contributed by atoms with E-state index < -0.39 is 29.2 Å². The van der Waals surface area contributed by atoms with Gasteiger partial charge in [0.05, 0.1) is 40.7 Å². The number of benzene rings is 2. The number of hydrogen-bond acceptors (Lipinski definition) is 6.